The lowest BCUT2D eigenvalue weighted by Crippen LogP contribution is -2.21. The number of anilines is 3. The van der Waals surface area contributed by atoms with Crippen molar-refractivity contribution in [3.63, 3.8) is 0 Å². The molecule has 3 rings (SSSR count). The number of rotatable bonds is 5. The minimum absolute atomic E-state index is 0.254. The molecule has 0 spiro atoms. The van der Waals surface area contributed by atoms with Crippen molar-refractivity contribution in [2.24, 2.45) is 0 Å². The standard InChI is InChI=1S/C19H20FN3OS/c1-4-11-23(13-9-10-16(22(2)3)15(20)12-13)19-21-18(24)14-7-5-6-8-17(14)25-19/h5-10,12H,4,11H2,1-3H3. The highest BCUT2D eigenvalue weighted by Crippen LogP contribution is 2.32. The van der Waals surface area contributed by atoms with Gasteiger partial charge < -0.3 is 9.80 Å². The van der Waals surface area contributed by atoms with E-state index in [9.17, 15) is 9.18 Å². The van der Waals surface area contributed by atoms with Crippen LogP contribution in [0.3, 0.4) is 0 Å². The molecule has 4 nitrogen and oxygen atoms in total. The Kier molecular flexibility index (Phi) is 4.99. The van der Waals surface area contributed by atoms with Crippen LogP contribution in [0.2, 0.25) is 0 Å². The summed E-state index contributed by atoms with van der Waals surface area (Å²) in [6.45, 7) is 2.70. The molecular weight excluding hydrogens is 337 g/mol. The van der Waals surface area contributed by atoms with Crippen molar-refractivity contribution in [1.29, 1.82) is 0 Å². The molecule has 0 unspecified atom stereocenters. The fraction of sp³-hybridized carbons (Fsp3) is 0.263. The van der Waals surface area contributed by atoms with Gasteiger partial charge in [-0.15, -0.1) is 0 Å². The number of halogens is 1. The minimum Gasteiger partial charge on any atom is -0.375 e. The van der Waals surface area contributed by atoms with E-state index in [0.717, 1.165) is 11.1 Å². The monoisotopic (exact) mass is 357 g/mol. The number of nitrogens with zero attached hydrogens (tertiary/aromatic N) is 3. The quantitative estimate of drug-likeness (QED) is 0.678. The zero-order valence-corrected chi connectivity index (χ0v) is 15.3. The lowest BCUT2D eigenvalue weighted by atomic mass is 10.2. The van der Waals surface area contributed by atoms with Gasteiger partial charge >= 0.3 is 0 Å². The van der Waals surface area contributed by atoms with E-state index < -0.39 is 0 Å². The number of fused-ring (bicyclic) bond motifs is 1. The highest BCUT2D eigenvalue weighted by atomic mass is 32.1. The van der Waals surface area contributed by atoms with Crippen molar-refractivity contribution < 1.29 is 4.39 Å². The molecule has 6 heteroatoms. The van der Waals surface area contributed by atoms with E-state index in [1.165, 1.54) is 17.4 Å². The third-order valence-corrected chi connectivity index (χ3v) is 4.99. The Balaban J connectivity index is 2.10. The van der Waals surface area contributed by atoms with Gasteiger partial charge in [-0.05, 0) is 36.8 Å². The Morgan fingerprint density at radius 2 is 1.92 bits per heavy atom. The van der Waals surface area contributed by atoms with Gasteiger partial charge in [-0.1, -0.05) is 30.4 Å². The van der Waals surface area contributed by atoms with Crippen LogP contribution in [-0.2, 0) is 0 Å². The van der Waals surface area contributed by atoms with Crippen LogP contribution >= 0.6 is 11.3 Å². The molecule has 0 aliphatic rings. The SMILES string of the molecule is CCCN(c1ccc(N(C)C)c(F)c1)c1nc(=O)c2ccccc2s1. The average Bonchev–Trinajstić information content (AvgIpc) is 2.59. The molecule has 2 aromatic carbocycles. The number of hydrogen-bond acceptors (Lipinski definition) is 5. The van der Waals surface area contributed by atoms with Crippen molar-refractivity contribution in [2.45, 2.75) is 13.3 Å². The van der Waals surface area contributed by atoms with Crippen molar-refractivity contribution in [3.8, 4) is 0 Å². The molecule has 1 heterocycles. The number of hydrogen-bond donors (Lipinski definition) is 0. The van der Waals surface area contributed by atoms with Gasteiger partial charge in [0.1, 0.15) is 5.82 Å². The fourth-order valence-electron chi connectivity index (χ4n) is 2.70. The molecule has 3 aromatic rings. The van der Waals surface area contributed by atoms with Crippen LogP contribution in [0.15, 0.2) is 47.3 Å². The summed E-state index contributed by atoms with van der Waals surface area (Å²) in [6.07, 6.45) is 0.854. The third-order valence-electron chi connectivity index (χ3n) is 3.92. The maximum Gasteiger partial charge on any atom is 0.281 e. The van der Waals surface area contributed by atoms with Crippen LogP contribution in [0.4, 0.5) is 20.9 Å². The molecule has 0 N–H and O–H groups in total. The van der Waals surface area contributed by atoms with E-state index in [1.807, 2.05) is 36.1 Å². The molecule has 0 atom stereocenters. The van der Waals surface area contributed by atoms with Gasteiger partial charge in [0.25, 0.3) is 5.56 Å². The predicted octanol–water partition coefficient (Wildman–Crippen LogP) is 4.41. The summed E-state index contributed by atoms with van der Waals surface area (Å²) in [4.78, 5) is 20.2. The lowest BCUT2D eigenvalue weighted by Gasteiger charge is -2.24. The van der Waals surface area contributed by atoms with Crippen molar-refractivity contribution in [2.75, 3.05) is 30.4 Å². The van der Waals surface area contributed by atoms with Crippen LogP contribution < -0.4 is 15.4 Å². The molecule has 0 amide bonds. The average molecular weight is 357 g/mol. The van der Waals surface area contributed by atoms with Crippen LogP contribution in [0.25, 0.3) is 10.1 Å². The summed E-state index contributed by atoms with van der Waals surface area (Å²) in [5.74, 6) is -0.295. The van der Waals surface area contributed by atoms with E-state index in [2.05, 4.69) is 4.98 Å². The van der Waals surface area contributed by atoms with Gasteiger partial charge in [-0.25, -0.2) is 4.39 Å². The Labute approximate surface area is 150 Å². The second-order valence-corrected chi connectivity index (χ2v) is 6.99. The molecule has 0 aliphatic heterocycles. The summed E-state index contributed by atoms with van der Waals surface area (Å²) >= 11 is 1.44. The summed E-state index contributed by atoms with van der Waals surface area (Å²) in [6, 6.07) is 12.5. The van der Waals surface area contributed by atoms with Crippen LogP contribution in [0.1, 0.15) is 13.3 Å². The van der Waals surface area contributed by atoms with Gasteiger partial charge in [0.15, 0.2) is 5.13 Å². The maximum absolute atomic E-state index is 14.4. The Bertz CT molecular complexity index is 955. The largest absolute Gasteiger partial charge is 0.375 e. The first-order valence-corrected chi connectivity index (χ1v) is 8.97. The van der Waals surface area contributed by atoms with Crippen LogP contribution in [-0.4, -0.2) is 25.6 Å². The number of benzene rings is 2. The van der Waals surface area contributed by atoms with E-state index in [-0.39, 0.29) is 11.4 Å². The molecule has 0 saturated heterocycles. The van der Waals surface area contributed by atoms with E-state index in [0.29, 0.717) is 28.4 Å². The predicted molar refractivity (Wildman–Crippen MR) is 104 cm³/mol. The Hall–Kier alpha value is -2.47. The molecule has 0 aliphatic carbocycles. The van der Waals surface area contributed by atoms with Crippen molar-refractivity contribution in [3.05, 3.63) is 58.6 Å². The van der Waals surface area contributed by atoms with Crippen LogP contribution in [0.5, 0.6) is 0 Å². The lowest BCUT2D eigenvalue weighted by molar-refractivity contribution is 0.625. The Morgan fingerprint density at radius 3 is 2.60 bits per heavy atom. The molecule has 0 fully saturated rings. The third kappa shape index (κ3) is 3.49. The minimum atomic E-state index is -0.295. The van der Waals surface area contributed by atoms with E-state index >= 15 is 0 Å². The van der Waals surface area contributed by atoms with Gasteiger partial charge in [0, 0.05) is 31.0 Å². The first-order chi connectivity index (χ1) is 12.0. The van der Waals surface area contributed by atoms with Gasteiger partial charge in [-0.3, -0.25) is 4.79 Å². The van der Waals surface area contributed by atoms with Crippen molar-refractivity contribution in [1.82, 2.24) is 4.98 Å². The second kappa shape index (κ2) is 7.19. The van der Waals surface area contributed by atoms with Gasteiger partial charge in [0.2, 0.25) is 0 Å². The van der Waals surface area contributed by atoms with Gasteiger partial charge in [-0.2, -0.15) is 4.98 Å². The topological polar surface area (TPSA) is 36.4 Å². The van der Waals surface area contributed by atoms with E-state index in [4.69, 9.17) is 0 Å². The number of aromatic nitrogens is 1. The fourth-order valence-corrected chi connectivity index (χ4v) is 3.75. The highest BCUT2D eigenvalue weighted by molar-refractivity contribution is 7.21. The molecule has 0 saturated carbocycles. The smallest absolute Gasteiger partial charge is 0.281 e. The summed E-state index contributed by atoms with van der Waals surface area (Å²) in [5.41, 5.74) is 0.971. The molecule has 0 radical (unpaired) electrons. The molecule has 130 valence electrons. The Morgan fingerprint density at radius 1 is 1.16 bits per heavy atom. The summed E-state index contributed by atoms with van der Waals surface area (Å²) in [5, 5.41) is 1.20. The first-order valence-electron chi connectivity index (χ1n) is 8.15. The second-order valence-electron chi connectivity index (χ2n) is 5.98. The normalized spacial score (nSPS) is 10.9. The van der Waals surface area contributed by atoms with Gasteiger partial charge in [0.05, 0.1) is 11.1 Å². The molecule has 1 aromatic heterocycles. The first kappa shape index (κ1) is 17.4. The molecule has 0 bridgehead atoms. The molecule has 25 heavy (non-hydrogen) atoms. The van der Waals surface area contributed by atoms with E-state index in [1.54, 1.807) is 31.1 Å². The van der Waals surface area contributed by atoms with Crippen molar-refractivity contribution >= 4 is 37.9 Å². The zero-order valence-electron chi connectivity index (χ0n) is 14.5. The summed E-state index contributed by atoms with van der Waals surface area (Å²) in [7, 11) is 3.61. The molecular formula is C19H20FN3OS. The summed E-state index contributed by atoms with van der Waals surface area (Å²) < 4.78 is 15.3. The van der Waals surface area contributed by atoms with Crippen LogP contribution in [0, 0.1) is 5.82 Å². The highest BCUT2D eigenvalue weighted by Gasteiger charge is 2.16. The maximum atomic E-state index is 14.4. The zero-order chi connectivity index (χ0) is 18.0.